The Bertz CT molecular complexity index is 503. The molecule has 1 N–H and O–H groups in total. The van der Waals surface area contributed by atoms with Gasteiger partial charge in [-0.1, -0.05) is 6.07 Å². The molecule has 0 saturated carbocycles. The molecule has 1 fully saturated rings. The zero-order valence-electron chi connectivity index (χ0n) is 12.8. The maximum Gasteiger partial charge on any atom is 0.163 e. The van der Waals surface area contributed by atoms with E-state index in [1.165, 1.54) is 5.56 Å². The summed E-state index contributed by atoms with van der Waals surface area (Å²) in [6, 6.07) is 6.30. The van der Waals surface area contributed by atoms with Crippen LogP contribution in [0.2, 0.25) is 0 Å². The predicted octanol–water partition coefficient (Wildman–Crippen LogP) is 2.26. The average molecular weight is 293 g/mol. The molecule has 5 nitrogen and oxygen atoms in total. The molecule has 2 aliphatic heterocycles. The minimum atomic E-state index is -0.466. The molecule has 116 valence electrons. The Kier molecular flexibility index (Phi) is 4.06. The van der Waals surface area contributed by atoms with Crippen LogP contribution in [0, 0.1) is 0 Å². The van der Waals surface area contributed by atoms with E-state index >= 15 is 0 Å². The van der Waals surface area contributed by atoms with E-state index in [0.29, 0.717) is 19.8 Å². The SMILES string of the molecule is CC(NCC1COC(C)(C)O1)c1ccc2c(c1)OCCO2. The number of nitrogens with one attached hydrogen (secondary N) is 1. The number of hydrogen-bond donors (Lipinski definition) is 1. The third-order valence-corrected chi connectivity index (χ3v) is 3.79. The summed E-state index contributed by atoms with van der Waals surface area (Å²) in [6.07, 6.45) is 0.0969. The third kappa shape index (κ3) is 3.48. The van der Waals surface area contributed by atoms with E-state index < -0.39 is 5.79 Å². The number of ether oxygens (including phenoxy) is 4. The first kappa shape index (κ1) is 14.6. The van der Waals surface area contributed by atoms with Crippen LogP contribution in [0.1, 0.15) is 32.4 Å². The van der Waals surface area contributed by atoms with Gasteiger partial charge in [0.15, 0.2) is 17.3 Å². The van der Waals surface area contributed by atoms with Gasteiger partial charge >= 0.3 is 0 Å². The lowest BCUT2D eigenvalue weighted by molar-refractivity contribution is -0.137. The first-order chi connectivity index (χ1) is 10.0. The van der Waals surface area contributed by atoms with Gasteiger partial charge in [0.2, 0.25) is 0 Å². The standard InChI is InChI=1S/C16H23NO4/c1-11(17-9-13-10-20-16(2,3)21-13)12-4-5-14-15(8-12)19-7-6-18-14/h4-5,8,11,13,17H,6-7,9-10H2,1-3H3. The lowest BCUT2D eigenvalue weighted by Gasteiger charge is -2.22. The summed E-state index contributed by atoms with van der Waals surface area (Å²) in [7, 11) is 0. The van der Waals surface area contributed by atoms with Crippen molar-refractivity contribution < 1.29 is 18.9 Å². The van der Waals surface area contributed by atoms with Crippen molar-refractivity contribution in [2.24, 2.45) is 0 Å². The van der Waals surface area contributed by atoms with E-state index in [-0.39, 0.29) is 12.1 Å². The van der Waals surface area contributed by atoms with Crippen molar-refractivity contribution >= 4 is 0 Å². The molecular weight excluding hydrogens is 270 g/mol. The summed E-state index contributed by atoms with van der Waals surface area (Å²) in [4.78, 5) is 0. The first-order valence-electron chi connectivity index (χ1n) is 7.48. The Morgan fingerprint density at radius 1 is 1.24 bits per heavy atom. The number of hydrogen-bond acceptors (Lipinski definition) is 5. The summed E-state index contributed by atoms with van der Waals surface area (Å²) < 4.78 is 22.5. The Hall–Kier alpha value is -1.30. The van der Waals surface area contributed by atoms with Gasteiger partial charge in [0.05, 0.1) is 12.7 Å². The smallest absolute Gasteiger partial charge is 0.163 e. The van der Waals surface area contributed by atoms with E-state index in [1.807, 2.05) is 26.0 Å². The van der Waals surface area contributed by atoms with Crippen LogP contribution in [0.3, 0.4) is 0 Å². The minimum Gasteiger partial charge on any atom is -0.486 e. The van der Waals surface area contributed by atoms with Gasteiger partial charge in [-0.15, -0.1) is 0 Å². The molecule has 0 bridgehead atoms. The van der Waals surface area contributed by atoms with Crippen LogP contribution < -0.4 is 14.8 Å². The van der Waals surface area contributed by atoms with Gasteiger partial charge in [-0.2, -0.15) is 0 Å². The largest absolute Gasteiger partial charge is 0.486 e. The lowest BCUT2D eigenvalue weighted by atomic mass is 10.1. The second-order valence-electron chi connectivity index (χ2n) is 5.98. The van der Waals surface area contributed by atoms with E-state index in [1.54, 1.807) is 0 Å². The quantitative estimate of drug-likeness (QED) is 0.923. The molecule has 2 heterocycles. The van der Waals surface area contributed by atoms with Gasteiger partial charge in [-0.25, -0.2) is 0 Å². The van der Waals surface area contributed by atoms with Crippen LogP contribution in [-0.2, 0) is 9.47 Å². The van der Waals surface area contributed by atoms with Gasteiger partial charge < -0.3 is 24.3 Å². The van der Waals surface area contributed by atoms with Crippen LogP contribution >= 0.6 is 0 Å². The van der Waals surface area contributed by atoms with Crippen molar-refractivity contribution in [1.82, 2.24) is 5.32 Å². The Morgan fingerprint density at radius 2 is 2.00 bits per heavy atom. The second-order valence-corrected chi connectivity index (χ2v) is 5.98. The van der Waals surface area contributed by atoms with Gasteiger partial charge in [-0.05, 0) is 38.5 Å². The van der Waals surface area contributed by atoms with E-state index in [4.69, 9.17) is 18.9 Å². The average Bonchev–Trinajstić information content (AvgIpc) is 2.83. The van der Waals surface area contributed by atoms with Crippen molar-refractivity contribution in [2.75, 3.05) is 26.4 Å². The summed E-state index contributed by atoms with van der Waals surface area (Å²) in [5.74, 6) is 1.19. The summed E-state index contributed by atoms with van der Waals surface area (Å²) in [6.45, 7) is 8.64. The van der Waals surface area contributed by atoms with Crippen LogP contribution in [-0.4, -0.2) is 38.3 Å². The van der Waals surface area contributed by atoms with Crippen LogP contribution in [0.15, 0.2) is 18.2 Å². The molecule has 2 aliphatic rings. The maximum absolute atomic E-state index is 5.80. The Labute approximate surface area is 125 Å². The highest BCUT2D eigenvalue weighted by atomic mass is 16.7. The van der Waals surface area contributed by atoms with Crippen LogP contribution in [0.4, 0.5) is 0 Å². The molecule has 2 atom stereocenters. The van der Waals surface area contributed by atoms with Gasteiger partial charge in [0.1, 0.15) is 13.2 Å². The van der Waals surface area contributed by atoms with Crippen molar-refractivity contribution in [3.05, 3.63) is 23.8 Å². The van der Waals surface area contributed by atoms with Crippen LogP contribution in [0.5, 0.6) is 11.5 Å². The molecule has 2 unspecified atom stereocenters. The monoisotopic (exact) mass is 293 g/mol. The molecule has 3 rings (SSSR count). The zero-order valence-corrected chi connectivity index (χ0v) is 12.8. The normalized spacial score (nSPS) is 24.8. The summed E-state index contributed by atoms with van der Waals surface area (Å²) in [5.41, 5.74) is 1.18. The molecule has 0 amide bonds. The summed E-state index contributed by atoms with van der Waals surface area (Å²) in [5, 5.41) is 3.48. The molecule has 5 heteroatoms. The highest BCUT2D eigenvalue weighted by Crippen LogP contribution is 2.32. The van der Waals surface area contributed by atoms with Gasteiger partial charge in [0, 0.05) is 12.6 Å². The number of rotatable bonds is 4. The van der Waals surface area contributed by atoms with Crippen molar-refractivity contribution in [1.29, 1.82) is 0 Å². The molecule has 0 radical (unpaired) electrons. The molecule has 21 heavy (non-hydrogen) atoms. The Morgan fingerprint density at radius 3 is 2.71 bits per heavy atom. The van der Waals surface area contributed by atoms with E-state index in [0.717, 1.165) is 18.0 Å². The first-order valence-corrected chi connectivity index (χ1v) is 7.48. The van der Waals surface area contributed by atoms with Crippen molar-refractivity contribution in [3.8, 4) is 11.5 Å². The molecule has 1 saturated heterocycles. The maximum atomic E-state index is 5.80. The predicted molar refractivity (Wildman–Crippen MR) is 78.8 cm³/mol. The van der Waals surface area contributed by atoms with Crippen molar-refractivity contribution in [2.45, 2.75) is 38.7 Å². The minimum absolute atomic E-state index is 0.0969. The molecule has 1 aromatic rings. The zero-order chi connectivity index (χ0) is 14.9. The topological polar surface area (TPSA) is 49.0 Å². The number of benzene rings is 1. The highest BCUT2D eigenvalue weighted by molar-refractivity contribution is 5.44. The highest BCUT2D eigenvalue weighted by Gasteiger charge is 2.32. The second kappa shape index (κ2) is 5.83. The van der Waals surface area contributed by atoms with Crippen molar-refractivity contribution in [3.63, 3.8) is 0 Å². The fraction of sp³-hybridized carbons (Fsp3) is 0.625. The lowest BCUT2D eigenvalue weighted by Crippen LogP contribution is -2.32. The van der Waals surface area contributed by atoms with Gasteiger partial charge in [-0.3, -0.25) is 0 Å². The number of fused-ring (bicyclic) bond motifs is 1. The molecule has 0 spiro atoms. The fourth-order valence-corrected chi connectivity index (χ4v) is 2.62. The van der Waals surface area contributed by atoms with E-state index in [2.05, 4.69) is 18.3 Å². The third-order valence-electron chi connectivity index (χ3n) is 3.79. The Balaban J connectivity index is 1.57. The molecular formula is C16H23NO4. The summed E-state index contributed by atoms with van der Waals surface area (Å²) >= 11 is 0. The molecule has 0 aliphatic carbocycles. The fourth-order valence-electron chi connectivity index (χ4n) is 2.62. The van der Waals surface area contributed by atoms with Crippen LogP contribution in [0.25, 0.3) is 0 Å². The molecule has 0 aromatic heterocycles. The van der Waals surface area contributed by atoms with Gasteiger partial charge in [0.25, 0.3) is 0 Å². The van der Waals surface area contributed by atoms with E-state index in [9.17, 15) is 0 Å². The molecule has 1 aromatic carbocycles.